The zero-order chi connectivity index (χ0) is 12.9. The summed E-state index contributed by atoms with van der Waals surface area (Å²) in [6.45, 7) is 2.46. The van der Waals surface area contributed by atoms with E-state index in [2.05, 4.69) is 14.9 Å². The summed E-state index contributed by atoms with van der Waals surface area (Å²) in [6, 6.07) is 0. The average molecular weight is 263 g/mol. The third-order valence-corrected chi connectivity index (χ3v) is 3.58. The van der Waals surface area contributed by atoms with Crippen LogP contribution >= 0.6 is 0 Å². The second-order valence-corrected chi connectivity index (χ2v) is 5.38. The lowest BCUT2D eigenvalue weighted by Crippen LogP contribution is -2.39. The molecule has 0 saturated carbocycles. The SMILES string of the molecule is Cc1nc(CNS(=O)(=O)N(C)CCCN)no1. The molecule has 0 saturated heterocycles. The van der Waals surface area contributed by atoms with Gasteiger partial charge in [0.15, 0.2) is 5.82 Å². The van der Waals surface area contributed by atoms with Crippen molar-refractivity contribution in [2.75, 3.05) is 20.1 Å². The lowest BCUT2D eigenvalue weighted by Gasteiger charge is -2.16. The Morgan fingerprint density at radius 3 is 2.76 bits per heavy atom. The minimum Gasteiger partial charge on any atom is -0.340 e. The van der Waals surface area contributed by atoms with E-state index in [9.17, 15) is 8.42 Å². The van der Waals surface area contributed by atoms with Crippen molar-refractivity contribution in [3.05, 3.63) is 11.7 Å². The van der Waals surface area contributed by atoms with Crippen LogP contribution in [0.1, 0.15) is 18.1 Å². The van der Waals surface area contributed by atoms with Crippen LogP contribution in [0, 0.1) is 6.92 Å². The molecule has 0 amide bonds. The molecule has 98 valence electrons. The van der Waals surface area contributed by atoms with E-state index in [0.29, 0.717) is 31.2 Å². The summed E-state index contributed by atoms with van der Waals surface area (Å²) in [6.07, 6.45) is 0.610. The van der Waals surface area contributed by atoms with Gasteiger partial charge in [0.2, 0.25) is 5.89 Å². The number of aromatic nitrogens is 2. The van der Waals surface area contributed by atoms with Gasteiger partial charge < -0.3 is 10.3 Å². The van der Waals surface area contributed by atoms with Gasteiger partial charge in [-0.05, 0) is 13.0 Å². The van der Waals surface area contributed by atoms with Crippen LogP contribution in [-0.2, 0) is 16.8 Å². The molecule has 8 nitrogen and oxygen atoms in total. The first kappa shape index (κ1) is 14.0. The number of hydrogen-bond acceptors (Lipinski definition) is 6. The topological polar surface area (TPSA) is 114 Å². The van der Waals surface area contributed by atoms with Crippen molar-refractivity contribution in [2.24, 2.45) is 5.73 Å². The van der Waals surface area contributed by atoms with Crippen LogP contribution < -0.4 is 10.5 Å². The van der Waals surface area contributed by atoms with Crippen LogP contribution in [0.4, 0.5) is 0 Å². The molecule has 0 aromatic carbocycles. The molecule has 0 atom stereocenters. The van der Waals surface area contributed by atoms with E-state index in [4.69, 9.17) is 10.3 Å². The first-order valence-electron chi connectivity index (χ1n) is 5.16. The van der Waals surface area contributed by atoms with Gasteiger partial charge in [-0.3, -0.25) is 0 Å². The minimum absolute atomic E-state index is 0.00659. The second kappa shape index (κ2) is 6.05. The maximum Gasteiger partial charge on any atom is 0.279 e. The predicted octanol–water partition coefficient (Wildman–Crippen LogP) is -1.01. The maximum atomic E-state index is 11.7. The van der Waals surface area contributed by atoms with Crippen molar-refractivity contribution >= 4 is 10.2 Å². The Kier molecular flexibility index (Phi) is 5.00. The first-order chi connectivity index (χ1) is 7.95. The molecule has 1 rings (SSSR count). The van der Waals surface area contributed by atoms with Gasteiger partial charge in [0.05, 0.1) is 6.54 Å². The summed E-state index contributed by atoms with van der Waals surface area (Å²) in [5, 5.41) is 3.59. The van der Waals surface area contributed by atoms with Crippen molar-refractivity contribution in [3.8, 4) is 0 Å². The molecule has 0 bridgehead atoms. The van der Waals surface area contributed by atoms with Gasteiger partial charge in [-0.2, -0.15) is 22.4 Å². The summed E-state index contributed by atoms with van der Waals surface area (Å²) in [7, 11) is -2.03. The van der Waals surface area contributed by atoms with Gasteiger partial charge in [-0.1, -0.05) is 5.16 Å². The van der Waals surface area contributed by atoms with Gasteiger partial charge in [0, 0.05) is 20.5 Å². The van der Waals surface area contributed by atoms with E-state index in [0.717, 1.165) is 0 Å². The van der Waals surface area contributed by atoms with Crippen molar-refractivity contribution in [3.63, 3.8) is 0 Å². The molecule has 3 N–H and O–H groups in total. The molecule has 1 aromatic rings. The quantitative estimate of drug-likeness (QED) is 0.651. The van der Waals surface area contributed by atoms with E-state index in [-0.39, 0.29) is 6.54 Å². The standard InChI is InChI=1S/C8H17N5O3S/c1-7-11-8(12-16-7)6-10-17(14,15)13(2)5-3-4-9/h10H,3-6,9H2,1-2H3. The fraction of sp³-hybridized carbons (Fsp3) is 0.750. The number of hydrogen-bond donors (Lipinski definition) is 2. The number of rotatable bonds is 7. The third kappa shape index (κ3) is 4.38. The molecule has 0 unspecified atom stereocenters. The smallest absolute Gasteiger partial charge is 0.279 e. The van der Waals surface area contributed by atoms with E-state index in [1.54, 1.807) is 6.92 Å². The Bertz CT molecular complexity index is 444. The van der Waals surface area contributed by atoms with Gasteiger partial charge in [0.25, 0.3) is 10.2 Å². The Morgan fingerprint density at radius 2 is 2.24 bits per heavy atom. The molecule has 1 heterocycles. The van der Waals surface area contributed by atoms with E-state index < -0.39 is 10.2 Å². The fourth-order valence-electron chi connectivity index (χ4n) is 1.11. The molecule has 0 aliphatic carbocycles. The molecular weight excluding hydrogens is 246 g/mol. The van der Waals surface area contributed by atoms with Crippen LogP contribution in [0.2, 0.25) is 0 Å². The summed E-state index contributed by atoms with van der Waals surface area (Å²) >= 11 is 0. The largest absolute Gasteiger partial charge is 0.340 e. The monoisotopic (exact) mass is 263 g/mol. The Hall–Kier alpha value is -1.03. The molecule has 0 spiro atoms. The zero-order valence-electron chi connectivity index (χ0n) is 9.88. The van der Waals surface area contributed by atoms with Crippen LogP contribution in [-0.4, -0.2) is 43.0 Å². The number of nitrogens with two attached hydrogens (primary N) is 1. The lowest BCUT2D eigenvalue weighted by atomic mass is 10.4. The first-order valence-corrected chi connectivity index (χ1v) is 6.60. The van der Waals surface area contributed by atoms with Crippen molar-refractivity contribution < 1.29 is 12.9 Å². The lowest BCUT2D eigenvalue weighted by molar-refractivity contribution is 0.386. The summed E-state index contributed by atoms with van der Waals surface area (Å²) in [5.74, 6) is 0.703. The normalized spacial score (nSPS) is 12.2. The highest BCUT2D eigenvalue weighted by Gasteiger charge is 2.17. The Balaban J connectivity index is 2.49. The van der Waals surface area contributed by atoms with Crippen LogP contribution in [0.3, 0.4) is 0 Å². The molecule has 17 heavy (non-hydrogen) atoms. The fourth-order valence-corrected chi connectivity index (χ4v) is 2.01. The predicted molar refractivity (Wildman–Crippen MR) is 61.1 cm³/mol. The highest BCUT2D eigenvalue weighted by Crippen LogP contribution is 1.99. The highest BCUT2D eigenvalue weighted by molar-refractivity contribution is 7.87. The summed E-state index contributed by atoms with van der Waals surface area (Å²) < 4.78 is 31.7. The molecule has 0 aliphatic heterocycles. The summed E-state index contributed by atoms with van der Waals surface area (Å²) in [4.78, 5) is 3.89. The molecule has 0 fully saturated rings. The number of nitrogens with one attached hydrogen (secondary N) is 1. The number of nitrogens with zero attached hydrogens (tertiary/aromatic N) is 3. The van der Waals surface area contributed by atoms with Crippen molar-refractivity contribution in [1.29, 1.82) is 0 Å². The van der Waals surface area contributed by atoms with Crippen LogP contribution in [0.15, 0.2) is 4.52 Å². The highest BCUT2D eigenvalue weighted by atomic mass is 32.2. The van der Waals surface area contributed by atoms with Crippen LogP contribution in [0.5, 0.6) is 0 Å². The van der Waals surface area contributed by atoms with Crippen LogP contribution in [0.25, 0.3) is 0 Å². The van der Waals surface area contributed by atoms with E-state index in [1.165, 1.54) is 11.4 Å². The molecule has 9 heteroatoms. The summed E-state index contributed by atoms with van der Waals surface area (Å²) in [5.41, 5.74) is 5.31. The average Bonchev–Trinajstić information content (AvgIpc) is 2.69. The van der Waals surface area contributed by atoms with Crippen molar-refractivity contribution in [2.45, 2.75) is 19.9 Å². The van der Waals surface area contributed by atoms with E-state index in [1.807, 2.05) is 0 Å². The minimum atomic E-state index is -3.52. The second-order valence-electron chi connectivity index (χ2n) is 3.52. The maximum absolute atomic E-state index is 11.7. The van der Waals surface area contributed by atoms with Gasteiger partial charge >= 0.3 is 0 Å². The van der Waals surface area contributed by atoms with Gasteiger partial charge in [-0.25, -0.2) is 0 Å². The van der Waals surface area contributed by atoms with Crippen molar-refractivity contribution in [1.82, 2.24) is 19.2 Å². The van der Waals surface area contributed by atoms with Gasteiger partial charge in [0.1, 0.15) is 0 Å². The third-order valence-electron chi connectivity index (χ3n) is 2.07. The zero-order valence-corrected chi connectivity index (χ0v) is 10.7. The number of aryl methyl sites for hydroxylation is 1. The molecule has 0 aliphatic rings. The van der Waals surface area contributed by atoms with Gasteiger partial charge in [-0.15, -0.1) is 0 Å². The molecular formula is C8H17N5O3S. The molecule has 0 radical (unpaired) electrons. The van der Waals surface area contributed by atoms with E-state index >= 15 is 0 Å². The Morgan fingerprint density at radius 1 is 1.53 bits per heavy atom. The molecule has 1 aromatic heterocycles. The Labute approximate surface area is 100 Å².